The van der Waals surface area contributed by atoms with Gasteiger partial charge in [-0.3, -0.25) is 4.79 Å². The highest BCUT2D eigenvalue weighted by Gasteiger charge is 2.13. The average Bonchev–Trinajstić information content (AvgIpc) is 2.53. The summed E-state index contributed by atoms with van der Waals surface area (Å²) in [5, 5.41) is 12.2. The Morgan fingerprint density at radius 2 is 2.17 bits per heavy atom. The summed E-state index contributed by atoms with van der Waals surface area (Å²) in [6.45, 7) is 1.63. The molecular formula is C15H14N4O2S2. The molecule has 2 rings (SSSR count). The Labute approximate surface area is 141 Å². The fourth-order valence-corrected chi connectivity index (χ4v) is 3.25. The predicted octanol–water partition coefficient (Wildman–Crippen LogP) is 2.40. The van der Waals surface area contributed by atoms with Crippen molar-refractivity contribution in [2.75, 3.05) is 17.3 Å². The molecular weight excluding hydrogens is 332 g/mol. The smallest absolute Gasteiger partial charge is 0.324 e. The van der Waals surface area contributed by atoms with E-state index in [9.17, 15) is 9.59 Å². The Kier molecular flexibility index (Phi) is 5.84. The number of amides is 1. The van der Waals surface area contributed by atoms with Gasteiger partial charge in [0.2, 0.25) is 5.91 Å². The van der Waals surface area contributed by atoms with Gasteiger partial charge in [-0.15, -0.1) is 11.8 Å². The summed E-state index contributed by atoms with van der Waals surface area (Å²) in [6, 6.07) is 9.48. The topological polar surface area (TPSA) is 98.6 Å². The Hall–Kier alpha value is -2.24. The highest BCUT2D eigenvalue weighted by atomic mass is 32.2. The summed E-state index contributed by atoms with van der Waals surface area (Å²) in [7, 11) is 0. The van der Waals surface area contributed by atoms with Gasteiger partial charge in [-0.25, -0.2) is 4.79 Å². The second-order valence-electron chi connectivity index (χ2n) is 4.50. The second-order valence-corrected chi connectivity index (χ2v) is 6.31. The van der Waals surface area contributed by atoms with Crippen LogP contribution in [0.4, 0.5) is 5.69 Å². The van der Waals surface area contributed by atoms with Crippen molar-refractivity contribution in [1.82, 2.24) is 9.97 Å². The third-order valence-corrected chi connectivity index (χ3v) is 4.69. The predicted molar refractivity (Wildman–Crippen MR) is 91.9 cm³/mol. The Bertz CT molecular complexity index is 827. The molecule has 6 nitrogen and oxygen atoms in total. The van der Waals surface area contributed by atoms with Crippen molar-refractivity contribution in [3.63, 3.8) is 0 Å². The van der Waals surface area contributed by atoms with Crippen LogP contribution in [0.25, 0.3) is 0 Å². The van der Waals surface area contributed by atoms with Crippen molar-refractivity contribution in [3.05, 3.63) is 46.0 Å². The molecule has 0 aliphatic rings. The van der Waals surface area contributed by atoms with E-state index in [0.717, 1.165) is 22.3 Å². The van der Waals surface area contributed by atoms with Gasteiger partial charge < -0.3 is 10.3 Å². The van der Waals surface area contributed by atoms with Crippen molar-refractivity contribution in [2.24, 2.45) is 0 Å². The number of benzene rings is 1. The number of nitrogens with one attached hydrogen (secondary N) is 2. The molecule has 2 N–H and O–H groups in total. The minimum absolute atomic E-state index is 0.0628. The molecule has 1 aromatic heterocycles. The van der Waals surface area contributed by atoms with Gasteiger partial charge in [0.1, 0.15) is 16.7 Å². The van der Waals surface area contributed by atoms with Crippen LogP contribution in [0, 0.1) is 18.3 Å². The summed E-state index contributed by atoms with van der Waals surface area (Å²) in [6.07, 6.45) is 1.93. The number of thioether (sulfide) groups is 2. The van der Waals surface area contributed by atoms with Crippen LogP contribution in [0.15, 0.2) is 39.0 Å². The van der Waals surface area contributed by atoms with Crippen molar-refractivity contribution in [2.45, 2.75) is 16.8 Å². The Morgan fingerprint density at radius 3 is 2.87 bits per heavy atom. The van der Waals surface area contributed by atoms with Crippen molar-refractivity contribution >= 4 is 35.1 Å². The lowest BCUT2D eigenvalue weighted by Crippen LogP contribution is -2.17. The van der Waals surface area contributed by atoms with Crippen LogP contribution >= 0.6 is 23.5 Å². The van der Waals surface area contributed by atoms with Crippen molar-refractivity contribution < 1.29 is 4.79 Å². The third-order valence-electron chi connectivity index (χ3n) is 2.92. The van der Waals surface area contributed by atoms with Crippen molar-refractivity contribution in [3.8, 4) is 6.07 Å². The maximum absolute atomic E-state index is 12.1. The van der Waals surface area contributed by atoms with E-state index in [1.807, 2.05) is 36.6 Å². The number of carbonyl (C=O) groups excluding carboxylic acids is 1. The largest absolute Gasteiger partial charge is 0.346 e. The fourth-order valence-electron chi connectivity index (χ4n) is 1.86. The van der Waals surface area contributed by atoms with E-state index in [4.69, 9.17) is 5.26 Å². The van der Waals surface area contributed by atoms with Crippen LogP contribution < -0.4 is 11.0 Å². The molecule has 0 aliphatic carbocycles. The second kappa shape index (κ2) is 7.85. The minimum atomic E-state index is -0.530. The van der Waals surface area contributed by atoms with Crippen LogP contribution in [0.1, 0.15) is 11.3 Å². The molecule has 0 radical (unpaired) electrons. The molecule has 118 valence electrons. The highest BCUT2D eigenvalue weighted by molar-refractivity contribution is 8.00. The first-order chi connectivity index (χ1) is 11.0. The molecule has 0 aliphatic heterocycles. The van der Waals surface area contributed by atoms with E-state index in [1.165, 1.54) is 11.8 Å². The first kappa shape index (κ1) is 17.1. The van der Waals surface area contributed by atoms with Gasteiger partial charge in [-0.05, 0) is 25.3 Å². The lowest BCUT2D eigenvalue weighted by Gasteiger charge is -2.09. The lowest BCUT2D eigenvalue weighted by atomic mass is 10.3. The molecule has 1 heterocycles. The van der Waals surface area contributed by atoms with Crippen molar-refractivity contribution in [1.29, 1.82) is 5.26 Å². The van der Waals surface area contributed by atoms with E-state index in [-0.39, 0.29) is 22.2 Å². The monoisotopic (exact) mass is 346 g/mol. The summed E-state index contributed by atoms with van der Waals surface area (Å²) >= 11 is 2.61. The van der Waals surface area contributed by atoms with E-state index in [2.05, 4.69) is 15.3 Å². The number of hydrogen-bond donors (Lipinski definition) is 2. The molecule has 0 bridgehead atoms. The van der Waals surface area contributed by atoms with Gasteiger partial charge in [0.15, 0.2) is 0 Å². The zero-order chi connectivity index (χ0) is 16.8. The summed E-state index contributed by atoms with van der Waals surface area (Å²) in [5.74, 6) is -0.159. The van der Waals surface area contributed by atoms with Gasteiger partial charge in [-0.2, -0.15) is 10.2 Å². The minimum Gasteiger partial charge on any atom is -0.324 e. The van der Waals surface area contributed by atoms with Gasteiger partial charge in [0.25, 0.3) is 0 Å². The molecule has 1 amide bonds. The van der Waals surface area contributed by atoms with Gasteiger partial charge in [-0.1, -0.05) is 23.9 Å². The number of rotatable bonds is 5. The number of anilines is 1. The normalized spacial score (nSPS) is 10.1. The SMILES string of the molecule is CSc1ccccc1NC(=O)CSc1nc(=O)[nH]c(C)c1C#N. The quantitative estimate of drug-likeness (QED) is 0.637. The Balaban J connectivity index is 2.08. The van der Waals surface area contributed by atoms with Gasteiger partial charge in [0, 0.05) is 10.6 Å². The molecule has 0 saturated carbocycles. The van der Waals surface area contributed by atoms with E-state index >= 15 is 0 Å². The number of carbonyl (C=O) groups is 1. The number of aromatic amines is 1. The number of nitriles is 1. The van der Waals surface area contributed by atoms with Crippen LogP contribution in [-0.2, 0) is 4.79 Å². The third kappa shape index (κ3) is 4.37. The molecule has 2 aromatic rings. The van der Waals surface area contributed by atoms with Crippen LogP contribution in [0.5, 0.6) is 0 Å². The van der Waals surface area contributed by atoms with Gasteiger partial charge in [0.05, 0.1) is 11.4 Å². The molecule has 23 heavy (non-hydrogen) atoms. The van der Waals surface area contributed by atoms with Crippen LogP contribution in [0.2, 0.25) is 0 Å². The summed E-state index contributed by atoms with van der Waals surface area (Å²) in [5.41, 5.74) is 0.938. The highest BCUT2D eigenvalue weighted by Crippen LogP contribution is 2.25. The number of hydrogen-bond acceptors (Lipinski definition) is 6. The van der Waals surface area contributed by atoms with E-state index < -0.39 is 5.69 Å². The molecule has 0 unspecified atom stereocenters. The number of aryl methyl sites for hydroxylation is 1. The van der Waals surface area contributed by atoms with E-state index in [1.54, 1.807) is 6.92 Å². The maximum Gasteiger partial charge on any atom is 0.346 e. The molecule has 8 heteroatoms. The average molecular weight is 346 g/mol. The number of aromatic nitrogens is 2. The zero-order valence-electron chi connectivity index (χ0n) is 12.5. The first-order valence-corrected chi connectivity index (χ1v) is 8.83. The lowest BCUT2D eigenvalue weighted by molar-refractivity contribution is -0.113. The molecule has 0 spiro atoms. The van der Waals surface area contributed by atoms with Crippen LogP contribution in [-0.4, -0.2) is 27.9 Å². The number of H-pyrrole nitrogens is 1. The summed E-state index contributed by atoms with van der Waals surface area (Å²) in [4.78, 5) is 30.7. The van der Waals surface area contributed by atoms with Gasteiger partial charge >= 0.3 is 5.69 Å². The van der Waals surface area contributed by atoms with Crippen LogP contribution in [0.3, 0.4) is 0 Å². The zero-order valence-corrected chi connectivity index (χ0v) is 14.2. The Morgan fingerprint density at radius 1 is 1.43 bits per heavy atom. The fraction of sp³-hybridized carbons (Fsp3) is 0.200. The summed E-state index contributed by atoms with van der Waals surface area (Å²) < 4.78 is 0. The number of nitrogens with zero attached hydrogens (tertiary/aromatic N) is 2. The molecule has 0 atom stereocenters. The van der Waals surface area contributed by atoms with E-state index in [0.29, 0.717) is 5.69 Å². The number of para-hydroxylation sites is 1. The first-order valence-electron chi connectivity index (χ1n) is 6.62. The molecule has 0 saturated heterocycles. The standard InChI is InChI=1S/C15H14N4O2S2/c1-9-10(7-16)14(19-15(21)17-9)23-8-13(20)18-11-5-3-4-6-12(11)22-2/h3-6H,8H2,1-2H3,(H,18,20)(H,17,19,21). The molecule has 0 fully saturated rings. The molecule has 1 aromatic carbocycles. The maximum atomic E-state index is 12.1.